The van der Waals surface area contributed by atoms with Crippen LogP contribution < -0.4 is 10.5 Å². The Morgan fingerprint density at radius 1 is 1.12 bits per heavy atom. The molecule has 0 atom stereocenters. The van der Waals surface area contributed by atoms with Gasteiger partial charge in [-0.05, 0) is 44.0 Å². The van der Waals surface area contributed by atoms with Crippen LogP contribution in [0.5, 0.6) is 5.75 Å². The molecule has 142 valence electrons. The Morgan fingerprint density at radius 3 is 2.35 bits per heavy atom. The van der Waals surface area contributed by atoms with Gasteiger partial charge in [0.1, 0.15) is 5.75 Å². The first-order valence-corrected chi connectivity index (χ1v) is 8.78. The first kappa shape index (κ1) is 22.0. The van der Waals surface area contributed by atoms with Crippen LogP contribution in [0.3, 0.4) is 0 Å². The molecule has 2 N–H and O–H groups in total. The van der Waals surface area contributed by atoms with E-state index in [1.54, 1.807) is 7.11 Å². The summed E-state index contributed by atoms with van der Waals surface area (Å²) in [4.78, 5) is 14.3. The number of halogens is 1. The fourth-order valence-corrected chi connectivity index (χ4v) is 2.83. The van der Waals surface area contributed by atoms with Gasteiger partial charge in [0.15, 0.2) is 0 Å². The number of hydrogen-bond acceptors (Lipinski definition) is 3. The zero-order valence-electron chi connectivity index (χ0n) is 15.8. The van der Waals surface area contributed by atoms with E-state index in [2.05, 4.69) is 24.3 Å². The number of hydrogen-bond donors (Lipinski definition) is 1. The van der Waals surface area contributed by atoms with Gasteiger partial charge < -0.3 is 15.4 Å². The van der Waals surface area contributed by atoms with Crippen molar-refractivity contribution in [3.63, 3.8) is 0 Å². The predicted octanol–water partition coefficient (Wildman–Crippen LogP) is 4.26. The molecule has 0 aromatic heterocycles. The van der Waals surface area contributed by atoms with Gasteiger partial charge >= 0.3 is 0 Å². The van der Waals surface area contributed by atoms with Gasteiger partial charge in [-0.2, -0.15) is 0 Å². The van der Waals surface area contributed by atoms with Gasteiger partial charge in [0.2, 0.25) is 5.91 Å². The number of carbonyl (C=O) groups is 1. The first-order chi connectivity index (χ1) is 12.1. The summed E-state index contributed by atoms with van der Waals surface area (Å²) < 4.78 is 5.43. The summed E-state index contributed by atoms with van der Waals surface area (Å²) >= 11 is 0. The summed E-state index contributed by atoms with van der Waals surface area (Å²) in [6, 6.07) is 16.4. The fraction of sp³-hybridized carbons (Fsp3) is 0.381. The largest absolute Gasteiger partial charge is 0.496 e. The predicted molar refractivity (Wildman–Crippen MR) is 110 cm³/mol. The Kier molecular flexibility index (Phi) is 9.17. The minimum atomic E-state index is 0. The minimum absolute atomic E-state index is 0. The van der Waals surface area contributed by atoms with Crippen molar-refractivity contribution in [1.29, 1.82) is 0 Å². The van der Waals surface area contributed by atoms with Crippen LogP contribution in [0.2, 0.25) is 0 Å². The number of nitrogens with two attached hydrogens (primary N) is 1. The van der Waals surface area contributed by atoms with Crippen LogP contribution >= 0.6 is 12.4 Å². The standard InChI is InChI=1S/C21H28N2O2.ClH/c1-16(2)23(21(24)9-6-14-22)15-17-10-12-18(13-11-17)19-7-4-5-8-20(19)25-3;/h4-5,7-8,10-13,16H,6,9,14-15,22H2,1-3H3;1H. The van der Waals surface area contributed by atoms with Gasteiger partial charge in [0.05, 0.1) is 7.11 Å². The van der Waals surface area contributed by atoms with Crippen molar-refractivity contribution in [3.05, 3.63) is 54.1 Å². The molecule has 4 nitrogen and oxygen atoms in total. The fourth-order valence-electron chi connectivity index (χ4n) is 2.83. The van der Waals surface area contributed by atoms with Crippen molar-refractivity contribution in [2.45, 2.75) is 39.3 Å². The third kappa shape index (κ3) is 5.75. The van der Waals surface area contributed by atoms with Crippen LogP contribution in [0.1, 0.15) is 32.3 Å². The SMILES string of the molecule is COc1ccccc1-c1ccc(CN(C(=O)CCCN)C(C)C)cc1.Cl. The molecule has 0 bridgehead atoms. The van der Waals surface area contributed by atoms with Crippen molar-refractivity contribution >= 4 is 18.3 Å². The normalized spacial score (nSPS) is 10.3. The summed E-state index contributed by atoms with van der Waals surface area (Å²) in [5.41, 5.74) is 8.81. The van der Waals surface area contributed by atoms with Crippen LogP contribution in [0.4, 0.5) is 0 Å². The lowest BCUT2D eigenvalue weighted by atomic mass is 10.0. The molecule has 26 heavy (non-hydrogen) atoms. The maximum Gasteiger partial charge on any atom is 0.223 e. The molecule has 2 rings (SSSR count). The van der Waals surface area contributed by atoms with E-state index < -0.39 is 0 Å². The van der Waals surface area contributed by atoms with E-state index in [9.17, 15) is 4.79 Å². The summed E-state index contributed by atoms with van der Waals surface area (Å²) in [6.07, 6.45) is 1.24. The summed E-state index contributed by atoms with van der Waals surface area (Å²) in [5.74, 6) is 1.02. The van der Waals surface area contributed by atoms with Crippen molar-refractivity contribution in [1.82, 2.24) is 4.90 Å². The summed E-state index contributed by atoms with van der Waals surface area (Å²) in [7, 11) is 1.68. The van der Waals surface area contributed by atoms with E-state index in [1.807, 2.05) is 43.0 Å². The molecule has 0 spiro atoms. The van der Waals surface area contributed by atoms with E-state index in [1.165, 1.54) is 0 Å². The molecule has 2 aromatic rings. The molecule has 2 aromatic carbocycles. The van der Waals surface area contributed by atoms with E-state index in [0.717, 1.165) is 28.9 Å². The van der Waals surface area contributed by atoms with Gasteiger partial charge in [-0.1, -0.05) is 42.5 Å². The Hall–Kier alpha value is -2.04. The van der Waals surface area contributed by atoms with Crippen molar-refractivity contribution in [2.24, 2.45) is 5.73 Å². The number of para-hydroxylation sites is 1. The molecule has 0 aliphatic rings. The molecule has 1 amide bonds. The molecule has 0 saturated carbocycles. The van der Waals surface area contributed by atoms with Gasteiger partial charge in [-0.15, -0.1) is 12.4 Å². The third-order valence-corrected chi connectivity index (χ3v) is 4.26. The summed E-state index contributed by atoms with van der Waals surface area (Å²) in [5, 5.41) is 0. The molecular weight excluding hydrogens is 348 g/mol. The highest BCUT2D eigenvalue weighted by molar-refractivity contribution is 5.85. The van der Waals surface area contributed by atoms with Crippen LogP contribution in [0, 0.1) is 0 Å². The van der Waals surface area contributed by atoms with Crippen LogP contribution in [0.25, 0.3) is 11.1 Å². The molecule has 0 fully saturated rings. The maximum absolute atomic E-state index is 12.4. The lowest BCUT2D eigenvalue weighted by Crippen LogP contribution is -2.36. The third-order valence-electron chi connectivity index (χ3n) is 4.26. The molecule has 0 aliphatic heterocycles. The number of ether oxygens (including phenoxy) is 1. The molecule has 0 unspecified atom stereocenters. The molecule has 5 heteroatoms. The zero-order chi connectivity index (χ0) is 18.2. The van der Waals surface area contributed by atoms with Gasteiger partial charge in [-0.25, -0.2) is 0 Å². The first-order valence-electron chi connectivity index (χ1n) is 8.78. The Balaban J connectivity index is 0.00000338. The molecule has 0 heterocycles. The van der Waals surface area contributed by atoms with E-state index in [-0.39, 0.29) is 24.4 Å². The number of nitrogens with zero attached hydrogens (tertiary/aromatic N) is 1. The quantitative estimate of drug-likeness (QED) is 0.748. The highest BCUT2D eigenvalue weighted by Crippen LogP contribution is 2.29. The highest BCUT2D eigenvalue weighted by atomic mass is 35.5. The monoisotopic (exact) mass is 376 g/mol. The number of rotatable bonds is 8. The second-order valence-corrected chi connectivity index (χ2v) is 6.40. The number of benzene rings is 2. The van der Waals surface area contributed by atoms with E-state index >= 15 is 0 Å². The smallest absolute Gasteiger partial charge is 0.223 e. The Labute approximate surface area is 162 Å². The Bertz CT molecular complexity index is 687. The van der Waals surface area contributed by atoms with Gasteiger partial charge in [0, 0.05) is 24.6 Å². The Morgan fingerprint density at radius 2 is 1.77 bits per heavy atom. The van der Waals surface area contributed by atoms with Crippen LogP contribution in [-0.4, -0.2) is 30.5 Å². The van der Waals surface area contributed by atoms with E-state index in [0.29, 0.717) is 19.5 Å². The number of amides is 1. The molecular formula is C21H29ClN2O2. The number of carbonyl (C=O) groups excluding carboxylic acids is 1. The number of methoxy groups -OCH3 is 1. The lowest BCUT2D eigenvalue weighted by Gasteiger charge is -2.27. The van der Waals surface area contributed by atoms with Crippen LogP contribution in [0.15, 0.2) is 48.5 Å². The highest BCUT2D eigenvalue weighted by Gasteiger charge is 2.16. The average Bonchev–Trinajstić information content (AvgIpc) is 2.64. The second-order valence-electron chi connectivity index (χ2n) is 6.40. The van der Waals surface area contributed by atoms with Gasteiger partial charge in [-0.3, -0.25) is 4.79 Å². The lowest BCUT2D eigenvalue weighted by molar-refractivity contribution is -0.133. The average molecular weight is 377 g/mol. The van der Waals surface area contributed by atoms with E-state index in [4.69, 9.17) is 10.5 Å². The van der Waals surface area contributed by atoms with Crippen molar-refractivity contribution in [3.8, 4) is 16.9 Å². The summed E-state index contributed by atoms with van der Waals surface area (Å²) in [6.45, 7) is 5.26. The molecule has 0 radical (unpaired) electrons. The zero-order valence-corrected chi connectivity index (χ0v) is 16.6. The van der Waals surface area contributed by atoms with Crippen molar-refractivity contribution < 1.29 is 9.53 Å². The maximum atomic E-state index is 12.4. The second kappa shape index (κ2) is 10.8. The van der Waals surface area contributed by atoms with Crippen LogP contribution in [-0.2, 0) is 11.3 Å². The minimum Gasteiger partial charge on any atom is -0.496 e. The molecule has 0 aliphatic carbocycles. The van der Waals surface area contributed by atoms with Crippen molar-refractivity contribution in [2.75, 3.05) is 13.7 Å². The topological polar surface area (TPSA) is 55.6 Å². The molecule has 0 saturated heterocycles. The van der Waals surface area contributed by atoms with Gasteiger partial charge in [0.25, 0.3) is 0 Å².